The maximum absolute atomic E-state index is 11.7. The van der Waals surface area contributed by atoms with Crippen LogP contribution in [-0.2, 0) is 16.0 Å². The molecule has 4 rings (SSSR count). The van der Waals surface area contributed by atoms with Crippen LogP contribution in [0.25, 0.3) is 0 Å². The number of rotatable bonds is 7. The summed E-state index contributed by atoms with van der Waals surface area (Å²) in [7, 11) is 0. The highest BCUT2D eigenvalue weighted by Crippen LogP contribution is 2.26. The van der Waals surface area contributed by atoms with Gasteiger partial charge < -0.3 is 9.47 Å². The molecule has 2 aliphatic heterocycles. The summed E-state index contributed by atoms with van der Waals surface area (Å²) >= 11 is 7.04. The van der Waals surface area contributed by atoms with Crippen molar-refractivity contribution in [2.75, 3.05) is 26.3 Å². The number of thioether (sulfide) groups is 1. The van der Waals surface area contributed by atoms with Gasteiger partial charge in [0.05, 0.1) is 18.0 Å². The minimum Gasteiger partial charge on any atom is -0.492 e. The lowest BCUT2D eigenvalue weighted by Gasteiger charge is -2.36. The molecule has 0 bridgehead atoms. The summed E-state index contributed by atoms with van der Waals surface area (Å²) in [6.07, 6.45) is 0.559. The van der Waals surface area contributed by atoms with E-state index in [4.69, 9.17) is 21.1 Å². The van der Waals surface area contributed by atoms with Gasteiger partial charge in [0.1, 0.15) is 12.4 Å². The van der Waals surface area contributed by atoms with Crippen molar-refractivity contribution in [2.24, 2.45) is 0 Å². The highest BCUT2D eigenvalue weighted by Gasteiger charge is 2.31. The molecule has 1 N–H and O–H groups in total. The van der Waals surface area contributed by atoms with E-state index in [2.05, 4.69) is 17.1 Å². The van der Waals surface area contributed by atoms with Crippen LogP contribution in [0.3, 0.4) is 0 Å². The summed E-state index contributed by atoms with van der Waals surface area (Å²) in [5.74, 6) is 0.573. The topological polar surface area (TPSA) is 67.9 Å². The van der Waals surface area contributed by atoms with E-state index in [-0.39, 0.29) is 28.5 Å². The third-order valence-corrected chi connectivity index (χ3v) is 6.80. The van der Waals surface area contributed by atoms with Gasteiger partial charge in [0, 0.05) is 24.2 Å². The first-order chi connectivity index (χ1) is 15.0. The van der Waals surface area contributed by atoms with Gasteiger partial charge in [-0.05, 0) is 48.7 Å². The lowest BCUT2D eigenvalue weighted by atomic mass is 10.1. The number of benzene rings is 2. The molecule has 0 aliphatic carbocycles. The minimum atomic E-state index is -0.353. The molecule has 2 saturated heterocycles. The molecule has 164 valence electrons. The summed E-state index contributed by atoms with van der Waals surface area (Å²) in [4.78, 5) is 25.4. The summed E-state index contributed by atoms with van der Waals surface area (Å²) in [5, 5.41) is 2.42. The molecule has 2 aromatic carbocycles. The van der Waals surface area contributed by atoms with E-state index < -0.39 is 0 Å². The lowest BCUT2D eigenvalue weighted by Crippen LogP contribution is -2.45. The van der Waals surface area contributed by atoms with Crippen molar-refractivity contribution in [1.82, 2.24) is 10.2 Å². The van der Waals surface area contributed by atoms with Crippen LogP contribution >= 0.6 is 23.4 Å². The number of hydrogen-bond donors (Lipinski definition) is 1. The average Bonchev–Trinajstić information content (AvgIpc) is 3.10. The van der Waals surface area contributed by atoms with Crippen molar-refractivity contribution in [3.8, 4) is 5.75 Å². The second-order valence-corrected chi connectivity index (χ2v) is 9.41. The molecule has 3 unspecified atom stereocenters. The molecule has 2 aliphatic rings. The molecular formula is C23H25ClN2O4S. The predicted octanol–water partition coefficient (Wildman–Crippen LogP) is 4.07. The number of carbonyl (C=O) groups is 2. The number of morpholine rings is 1. The second-order valence-electron chi connectivity index (χ2n) is 7.80. The third-order valence-electron chi connectivity index (χ3n) is 5.57. The van der Waals surface area contributed by atoms with E-state index in [0.29, 0.717) is 19.6 Å². The fourth-order valence-electron chi connectivity index (χ4n) is 3.73. The molecule has 0 aromatic heterocycles. The predicted molar refractivity (Wildman–Crippen MR) is 122 cm³/mol. The molecule has 2 amide bonds. The van der Waals surface area contributed by atoms with Crippen LogP contribution in [0, 0.1) is 0 Å². The van der Waals surface area contributed by atoms with Crippen molar-refractivity contribution in [3.05, 3.63) is 64.7 Å². The van der Waals surface area contributed by atoms with Crippen LogP contribution in [0.1, 0.15) is 24.2 Å². The summed E-state index contributed by atoms with van der Waals surface area (Å²) in [6, 6.07) is 15.8. The van der Waals surface area contributed by atoms with Crippen LogP contribution in [0.2, 0.25) is 5.02 Å². The highest BCUT2D eigenvalue weighted by atomic mass is 35.5. The Morgan fingerprint density at radius 1 is 1.19 bits per heavy atom. The van der Waals surface area contributed by atoms with Crippen LogP contribution in [0.15, 0.2) is 48.5 Å². The van der Waals surface area contributed by atoms with Crippen LogP contribution in [0.5, 0.6) is 5.75 Å². The summed E-state index contributed by atoms with van der Waals surface area (Å²) in [6.45, 7) is 5.09. The molecule has 3 atom stereocenters. The zero-order valence-electron chi connectivity index (χ0n) is 17.3. The van der Waals surface area contributed by atoms with Crippen molar-refractivity contribution >= 4 is 34.5 Å². The molecule has 2 fully saturated rings. The van der Waals surface area contributed by atoms with E-state index in [0.717, 1.165) is 46.8 Å². The Kier molecular flexibility index (Phi) is 7.17. The lowest BCUT2D eigenvalue weighted by molar-refractivity contribution is -0.118. The number of carbonyl (C=O) groups excluding carboxylic acids is 2. The Morgan fingerprint density at radius 3 is 2.61 bits per heavy atom. The van der Waals surface area contributed by atoms with Gasteiger partial charge in [-0.15, -0.1) is 0 Å². The van der Waals surface area contributed by atoms with Gasteiger partial charge in [-0.1, -0.05) is 47.6 Å². The van der Waals surface area contributed by atoms with Gasteiger partial charge in [-0.3, -0.25) is 19.8 Å². The summed E-state index contributed by atoms with van der Waals surface area (Å²) in [5.41, 5.74) is 2.13. The number of nitrogens with one attached hydrogen (secondary N) is 1. The van der Waals surface area contributed by atoms with Gasteiger partial charge in [0.2, 0.25) is 5.91 Å². The Balaban J connectivity index is 1.27. The molecule has 2 aromatic rings. The minimum absolute atomic E-state index is 0.0327. The average molecular weight is 461 g/mol. The third kappa shape index (κ3) is 5.80. The van der Waals surface area contributed by atoms with Crippen molar-refractivity contribution < 1.29 is 19.1 Å². The highest BCUT2D eigenvalue weighted by molar-refractivity contribution is 8.15. The number of nitrogens with zero attached hydrogens (tertiary/aromatic N) is 1. The largest absolute Gasteiger partial charge is 0.492 e. The van der Waals surface area contributed by atoms with E-state index in [1.165, 1.54) is 0 Å². The maximum atomic E-state index is 11.7. The van der Waals surface area contributed by atoms with Gasteiger partial charge in [0.15, 0.2) is 0 Å². The molecule has 0 saturated carbocycles. The fourth-order valence-corrected chi connectivity index (χ4v) is 4.72. The summed E-state index contributed by atoms with van der Waals surface area (Å²) < 4.78 is 12.0. The van der Waals surface area contributed by atoms with Gasteiger partial charge in [0.25, 0.3) is 5.24 Å². The first kappa shape index (κ1) is 22.1. The normalized spacial score (nSPS) is 22.9. The zero-order valence-corrected chi connectivity index (χ0v) is 18.8. The zero-order chi connectivity index (χ0) is 21.8. The first-order valence-electron chi connectivity index (χ1n) is 10.3. The monoisotopic (exact) mass is 460 g/mol. The van der Waals surface area contributed by atoms with Gasteiger partial charge in [-0.25, -0.2) is 0 Å². The molecule has 31 heavy (non-hydrogen) atoms. The Morgan fingerprint density at radius 2 is 1.94 bits per heavy atom. The SMILES string of the molecule is CC(COc1ccc(CC2SC(=O)NC2=O)cc1)N1CCOC(c2ccc(Cl)cc2)C1. The Labute approximate surface area is 191 Å². The number of hydrogen-bond acceptors (Lipinski definition) is 6. The van der Waals surface area contributed by atoms with Crippen molar-refractivity contribution in [1.29, 1.82) is 0 Å². The quantitative estimate of drug-likeness (QED) is 0.671. The molecule has 2 heterocycles. The second kappa shape index (κ2) is 10.0. The van der Waals surface area contributed by atoms with Crippen molar-refractivity contribution in [3.63, 3.8) is 0 Å². The smallest absolute Gasteiger partial charge is 0.286 e. The molecule has 0 spiro atoms. The Bertz CT molecular complexity index is 922. The van der Waals surface area contributed by atoms with Gasteiger partial charge in [-0.2, -0.15) is 0 Å². The van der Waals surface area contributed by atoms with Crippen LogP contribution in [0.4, 0.5) is 4.79 Å². The van der Waals surface area contributed by atoms with Crippen molar-refractivity contribution in [2.45, 2.75) is 30.7 Å². The number of halogens is 1. The molecular weight excluding hydrogens is 436 g/mol. The van der Waals surface area contributed by atoms with E-state index in [1.807, 2.05) is 48.5 Å². The number of imide groups is 1. The maximum Gasteiger partial charge on any atom is 0.286 e. The molecule has 0 radical (unpaired) electrons. The first-order valence-corrected chi connectivity index (χ1v) is 11.6. The van der Waals surface area contributed by atoms with Crippen LogP contribution < -0.4 is 10.1 Å². The molecule has 6 nitrogen and oxygen atoms in total. The van der Waals surface area contributed by atoms with Crippen LogP contribution in [-0.4, -0.2) is 53.6 Å². The van der Waals surface area contributed by atoms with E-state index in [9.17, 15) is 9.59 Å². The fraction of sp³-hybridized carbons (Fsp3) is 0.391. The molecule has 8 heteroatoms. The van der Waals surface area contributed by atoms with Gasteiger partial charge >= 0.3 is 0 Å². The standard InChI is InChI=1S/C23H25ClN2O4S/c1-15(26-10-11-29-20(13-26)17-4-6-18(24)7-5-17)14-30-19-8-2-16(3-9-19)12-21-22(27)25-23(28)31-21/h2-9,15,20-21H,10-14H2,1H3,(H,25,27,28). The van der Waals surface area contributed by atoms with E-state index >= 15 is 0 Å². The Hall–Kier alpha value is -2.06. The van der Waals surface area contributed by atoms with E-state index in [1.54, 1.807) is 0 Å². The number of amides is 2. The number of ether oxygens (including phenoxy) is 2.